The molecule has 1 atom stereocenters. The first-order valence-electron chi connectivity index (χ1n) is 9.68. The molecule has 1 aliphatic heterocycles. The van der Waals surface area contributed by atoms with Gasteiger partial charge in [0.25, 0.3) is 5.91 Å². The number of rotatable bonds is 5. The molecule has 3 rings (SSSR count). The lowest BCUT2D eigenvalue weighted by Crippen LogP contribution is -2.39. The number of sulfonamides is 1. The molecule has 28 heavy (non-hydrogen) atoms. The molecule has 5 nitrogen and oxygen atoms in total. The zero-order valence-corrected chi connectivity index (χ0v) is 17.6. The van der Waals surface area contributed by atoms with E-state index < -0.39 is 10.0 Å². The Hall–Kier alpha value is -2.18. The van der Waals surface area contributed by atoms with Gasteiger partial charge in [0.05, 0.1) is 4.90 Å². The van der Waals surface area contributed by atoms with E-state index in [0.717, 1.165) is 30.6 Å². The van der Waals surface area contributed by atoms with Gasteiger partial charge in [-0.15, -0.1) is 0 Å². The summed E-state index contributed by atoms with van der Waals surface area (Å²) in [6.07, 6.45) is 2.22. The maximum absolute atomic E-state index is 12.7. The summed E-state index contributed by atoms with van der Waals surface area (Å²) in [6.45, 7) is 5.96. The summed E-state index contributed by atoms with van der Waals surface area (Å²) in [4.78, 5) is 14.9. The molecule has 2 aromatic rings. The van der Waals surface area contributed by atoms with E-state index in [1.807, 2.05) is 24.0 Å². The Morgan fingerprint density at radius 3 is 2.36 bits per heavy atom. The molecule has 6 heteroatoms. The molecular formula is C22H28N2O3S. The lowest BCUT2D eigenvalue weighted by Gasteiger charge is -2.31. The van der Waals surface area contributed by atoms with Crippen LogP contribution >= 0.6 is 0 Å². The standard InChI is InChI=1S/C22H28N2O3S/c1-17-6-12-21(13-7-17)28(26,27)23(3)16-19-8-10-20(11-9-19)22(25)24-14-4-5-18(2)15-24/h6-13,18H,4-5,14-16H2,1-3H3/t18-/m1/s1. The molecular weight excluding hydrogens is 372 g/mol. The van der Waals surface area contributed by atoms with Gasteiger partial charge >= 0.3 is 0 Å². The highest BCUT2D eigenvalue weighted by Crippen LogP contribution is 2.20. The zero-order chi connectivity index (χ0) is 20.3. The molecule has 0 aliphatic carbocycles. The highest BCUT2D eigenvalue weighted by atomic mass is 32.2. The van der Waals surface area contributed by atoms with Gasteiger partial charge in [-0.2, -0.15) is 4.31 Å². The topological polar surface area (TPSA) is 57.7 Å². The van der Waals surface area contributed by atoms with Crippen LogP contribution in [0.15, 0.2) is 53.4 Å². The highest BCUT2D eigenvalue weighted by Gasteiger charge is 2.23. The van der Waals surface area contributed by atoms with Gasteiger partial charge in [-0.1, -0.05) is 36.8 Å². The summed E-state index contributed by atoms with van der Waals surface area (Å²) in [5, 5.41) is 0. The van der Waals surface area contributed by atoms with Crippen molar-refractivity contribution < 1.29 is 13.2 Å². The van der Waals surface area contributed by atoms with E-state index in [9.17, 15) is 13.2 Å². The summed E-state index contributed by atoms with van der Waals surface area (Å²) in [5.41, 5.74) is 2.52. The normalized spacial score (nSPS) is 17.7. The first kappa shape index (κ1) is 20.6. The van der Waals surface area contributed by atoms with Crippen molar-refractivity contribution in [2.45, 2.75) is 38.1 Å². The monoisotopic (exact) mass is 400 g/mol. The second-order valence-electron chi connectivity index (χ2n) is 7.77. The number of nitrogens with zero attached hydrogens (tertiary/aromatic N) is 2. The molecule has 0 radical (unpaired) electrons. The zero-order valence-electron chi connectivity index (χ0n) is 16.8. The van der Waals surface area contributed by atoms with Crippen LogP contribution in [0.5, 0.6) is 0 Å². The van der Waals surface area contributed by atoms with Crippen molar-refractivity contribution >= 4 is 15.9 Å². The predicted molar refractivity (Wildman–Crippen MR) is 111 cm³/mol. The fraction of sp³-hybridized carbons (Fsp3) is 0.409. The molecule has 0 spiro atoms. The van der Waals surface area contributed by atoms with Crippen molar-refractivity contribution in [3.63, 3.8) is 0 Å². The van der Waals surface area contributed by atoms with Crippen molar-refractivity contribution in [2.75, 3.05) is 20.1 Å². The Morgan fingerprint density at radius 1 is 1.11 bits per heavy atom. The molecule has 1 saturated heterocycles. The lowest BCUT2D eigenvalue weighted by atomic mass is 9.99. The fourth-order valence-electron chi connectivity index (χ4n) is 3.54. The van der Waals surface area contributed by atoms with E-state index in [-0.39, 0.29) is 17.3 Å². The highest BCUT2D eigenvalue weighted by molar-refractivity contribution is 7.89. The van der Waals surface area contributed by atoms with Gasteiger partial charge in [0.1, 0.15) is 0 Å². The van der Waals surface area contributed by atoms with Crippen LogP contribution in [-0.2, 0) is 16.6 Å². The predicted octanol–water partition coefficient (Wildman–Crippen LogP) is 3.69. The molecule has 0 bridgehead atoms. The average molecular weight is 401 g/mol. The molecule has 0 aromatic heterocycles. The smallest absolute Gasteiger partial charge is 0.253 e. The molecule has 2 aromatic carbocycles. The molecule has 0 saturated carbocycles. The maximum Gasteiger partial charge on any atom is 0.253 e. The van der Waals surface area contributed by atoms with Gasteiger partial charge in [-0.25, -0.2) is 8.42 Å². The third-order valence-corrected chi connectivity index (χ3v) is 7.10. The van der Waals surface area contributed by atoms with Crippen LogP contribution in [0.4, 0.5) is 0 Å². The van der Waals surface area contributed by atoms with Crippen molar-refractivity contribution in [2.24, 2.45) is 5.92 Å². The van der Waals surface area contributed by atoms with E-state index >= 15 is 0 Å². The summed E-state index contributed by atoms with van der Waals surface area (Å²) in [7, 11) is -1.97. The van der Waals surface area contributed by atoms with Crippen LogP contribution in [0.3, 0.4) is 0 Å². The largest absolute Gasteiger partial charge is 0.338 e. The second-order valence-corrected chi connectivity index (χ2v) is 9.81. The number of piperidine rings is 1. The number of hydrogen-bond donors (Lipinski definition) is 0. The van der Waals surface area contributed by atoms with Gasteiger partial charge in [0, 0.05) is 32.2 Å². The summed E-state index contributed by atoms with van der Waals surface area (Å²) in [6, 6.07) is 14.1. The molecule has 0 N–H and O–H groups in total. The van der Waals surface area contributed by atoms with Crippen molar-refractivity contribution in [3.05, 3.63) is 65.2 Å². The van der Waals surface area contributed by atoms with E-state index in [0.29, 0.717) is 11.5 Å². The van der Waals surface area contributed by atoms with Gasteiger partial charge in [-0.05, 0) is 55.5 Å². The third kappa shape index (κ3) is 4.62. The fourth-order valence-corrected chi connectivity index (χ4v) is 4.70. The van der Waals surface area contributed by atoms with Gasteiger partial charge in [0.2, 0.25) is 10.0 Å². The van der Waals surface area contributed by atoms with Crippen molar-refractivity contribution in [3.8, 4) is 0 Å². The molecule has 150 valence electrons. The molecule has 1 heterocycles. The van der Waals surface area contributed by atoms with Crippen LogP contribution in [-0.4, -0.2) is 43.7 Å². The van der Waals surface area contributed by atoms with Crippen molar-refractivity contribution in [1.29, 1.82) is 0 Å². The van der Waals surface area contributed by atoms with Crippen molar-refractivity contribution in [1.82, 2.24) is 9.21 Å². The number of carbonyl (C=O) groups excluding carboxylic acids is 1. The van der Waals surface area contributed by atoms with Crippen LogP contribution in [0.2, 0.25) is 0 Å². The van der Waals surface area contributed by atoms with E-state index in [4.69, 9.17) is 0 Å². The number of aryl methyl sites for hydroxylation is 1. The number of amides is 1. The molecule has 1 fully saturated rings. The first-order valence-corrected chi connectivity index (χ1v) is 11.1. The Morgan fingerprint density at radius 2 is 1.75 bits per heavy atom. The van der Waals surface area contributed by atoms with E-state index in [2.05, 4.69) is 6.92 Å². The molecule has 0 unspecified atom stereocenters. The minimum absolute atomic E-state index is 0.0544. The van der Waals surface area contributed by atoms with E-state index in [1.54, 1.807) is 43.4 Å². The Labute approximate surface area is 168 Å². The van der Waals surface area contributed by atoms with Crippen LogP contribution in [0.25, 0.3) is 0 Å². The Kier molecular flexibility index (Phi) is 6.20. The second kappa shape index (κ2) is 8.45. The quantitative estimate of drug-likeness (QED) is 0.769. The summed E-state index contributed by atoms with van der Waals surface area (Å²) >= 11 is 0. The lowest BCUT2D eigenvalue weighted by molar-refractivity contribution is 0.0683. The minimum Gasteiger partial charge on any atom is -0.338 e. The number of benzene rings is 2. The van der Waals surface area contributed by atoms with Gasteiger partial charge in [0.15, 0.2) is 0 Å². The third-order valence-electron chi connectivity index (χ3n) is 5.28. The summed E-state index contributed by atoms with van der Waals surface area (Å²) < 4.78 is 26.8. The van der Waals surface area contributed by atoms with Crippen LogP contribution < -0.4 is 0 Å². The molecule has 1 aliphatic rings. The Bertz CT molecular complexity index is 921. The number of likely N-dealkylation sites (tertiary alicyclic amines) is 1. The van der Waals surface area contributed by atoms with Crippen LogP contribution in [0, 0.1) is 12.8 Å². The van der Waals surface area contributed by atoms with Gasteiger partial charge < -0.3 is 4.90 Å². The molecule has 1 amide bonds. The number of carbonyl (C=O) groups is 1. The Balaban J connectivity index is 1.68. The average Bonchev–Trinajstić information content (AvgIpc) is 2.68. The maximum atomic E-state index is 12.7. The summed E-state index contributed by atoms with van der Waals surface area (Å²) in [5.74, 6) is 0.594. The SMILES string of the molecule is Cc1ccc(S(=O)(=O)N(C)Cc2ccc(C(=O)N3CCC[C@@H](C)C3)cc2)cc1. The van der Waals surface area contributed by atoms with E-state index in [1.165, 1.54) is 10.7 Å². The van der Waals surface area contributed by atoms with Crippen LogP contribution in [0.1, 0.15) is 41.3 Å². The minimum atomic E-state index is -3.55. The first-order chi connectivity index (χ1) is 13.3. The van der Waals surface area contributed by atoms with Gasteiger partial charge in [-0.3, -0.25) is 4.79 Å². The number of hydrogen-bond acceptors (Lipinski definition) is 3.